The maximum atomic E-state index is 5.89. The van der Waals surface area contributed by atoms with Crippen molar-refractivity contribution in [3.8, 4) is 0 Å². The van der Waals surface area contributed by atoms with Gasteiger partial charge in [-0.25, -0.2) is 0 Å². The van der Waals surface area contributed by atoms with Crippen LogP contribution in [0.2, 0.25) is 0 Å². The molecule has 0 atom stereocenters. The van der Waals surface area contributed by atoms with Gasteiger partial charge < -0.3 is 14.5 Å². The summed E-state index contributed by atoms with van der Waals surface area (Å²) in [5.74, 6) is 0.972. The number of nitrogens with one attached hydrogen (secondary N) is 1. The summed E-state index contributed by atoms with van der Waals surface area (Å²) >= 11 is 0. The van der Waals surface area contributed by atoms with Crippen LogP contribution < -0.4 is 5.32 Å². The number of hydrogen-bond donors (Lipinski definition) is 1. The van der Waals surface area contributed by atoms with Crippen LogP contribution in [0.5, 0.6) is 0 Å². The van der Waals surface area contributed by atoms with Gasteiger partial charge in [0.1, 0.15) is 12.4 Å². The topological polar surface area (TPSA) is 34.4 Å². The van der Waals surface area contributed by atoms with Crippen LogP contribution >= 0.6 is 0 Å². The van der Waals surface area contributed by atoms with Crippen LogP contribution in [-0.2, 0) is 17.9 Å². The molecule has 0 radical (unpaired) electrons. The van der Waals surface area contributed by atoms with E-state index in [1.807, 2.05) is 13.1 Å². The highest BCUT2D eigenvalue weighted by Crippen LogP contribution is 2.22. The van der Waals surface area contributed by atoms with Gasteiger partial charge in [0.15, 0.2) is 0 Å². The summed E-state index contributed by atoms with van der Waals surface area (Å²) in [7, 11) is 1.94. The van der Waals surface area contributed by atoms with Gasteiger partial charge in [-0.05, 0) is 26.0 Å². The van der Waals surface area contributed by atoms with Crippen molar-refractivity contribution < 1.29 is 9.15 Å². The van der Waals surface area contributed by atoms with Crippen LogP contribution in [0.1, 0.15) is 43.4 Å². The zero-order valence-corrected chi connectivity index (χ0v) is 10.00. The highest BCUT2D eigenvalue weighted by atomic mass is 16.5. The second kappa shape index (κ2) is 6.06. The highest BCUT2D eigenvalue weighted by molar-refractivity contribution is 5.15. The number of ether oxygens (including phenoxy) is 1. The molecule has 0 unspecified atom stereocenters. The maximum Gasteiger partial charge on any atom is 0.133 e. The van der Waals surface area contributed by atoms with E-state index in [1.165, 1.54) is 37.7 Å². The van der Waals surface area contributed by atoms with Gasteiger partial charge in [-0.15, -0.1) is 0 Å². The molecule has 3 heteroatoms. The van der Waals surface area contributed by atoms with Crippen LogP contribution in [0.3, 0.4) is 0 Å². The molecular formula is C13H21NO2. The number of furan rings is 1. The van der Waals surface area contributed by atoms with Crippen molar-refractivity contribution >= 4 is 0 Å². The zero-order chi connectivity index (χ0) is 11.2. The number of rotatable bonds is 5. The Kier molecular flexibility index (Phi) is 4.43. The van der Waals surface area contributed by atoms with E-state index in [4.69, 9.17) is 9.15 Å². The molecule has 0 amide bonds. The lowest BCUT2D eigenvalue weighted by molar-refractivity contribution is 0.00832. The van der Waals surface area contributed by atoms with E-state index in [0.29, 0.717) is 12.7 Å². The molecule has 2 rings (SSSR count). The van der Waals surface area contributed by atoms with Gasteiger partial charge in [0.2, 0.25) is 0 Å². The molecule has 1 aromatic rings. The van der Waals surface area contributed by atoms with E-state index >= 15 is 0 Å². The van der Waals surface area contributed by atoms with Gasteiger partial charge >= 0.3 is 0 Å². The third-order valence-corrected chi connectivity index (χ3v) is 3.21. The second-order valence-corrected chi connectivity index (χ2v) is 4.47. The van der Waals surface area contributed by atoms with E-state index in [1.54, 1.807) is 6.26 Å². The summed E-state index contributed by atoms with van der Waals surface area (Å²) in [6.45, 7) is 1.47. The SMILES string of the molecule is CNCc1ccoc1COC1CCCCC1. The summed E-state index contributed by atoms with van der Waals surface area (Å²) in [6.07, 6.45) is 8.60. The molecule has 0 aromatic carbocycles. The van der Waals surface area contributed by atoms with Crippen molar-refractivity contribution in [3.63, 3.8) is 0 Å². The minimum atomic E-state index is 0.446. The van der Waals surface area contributed by atoms with Gasteiger partial charge in [-0.3, -0.25) is 0 Å². The molecule has 0 bridgehead atoms. The van der Waals surface area contributed by atoms with Gasteiger partial charge in [0.05, 0.1) is 12.4 Å². The fraction of sp³-hybridized carbons (Fsp3) is 0.692. The van der Waals surface area contributed by atoms with E-state index in [2.05, 4.69) is 5.32 Å². The third-order valence-electron chi connectivity index (χ3n) is 3.21. The average molecular weight is 223 g/mol. The zero-order valence-electron chi connectivity index (χ0n) is 10.00. The van der Waals surface area contributed by atoms with Crippen molar-refractivity contribution in [2.24, 2.45) is 0 Å². The first kappa shape index (κ1) is 11.7. The molecule has 1 heterocycles. The average Bonchev–Trinajstić information content (AvgIpc) is 2.76. The Balaban J connectivity index is 1.81. The predicted molar refractivity (Wildman–Crippen MR) is 63.1 cm³/mol. The largest absolute Gasteiger partial charge is 0.467 e. The Hall–Kier alpha value is -0.800. The van der Waals surface area contributed by atoms with Crippen molar-refractivity contribution in [1.29, 1.82) is 0 Å². The molecule has 16 heavy (non-hydrogen) atoms. The Morgan fingerprint density at radius 2 is 2.19 bits per heavy atom. The monoisotopic (exact) mass is 223 g/mol. The fourth-order valence-corrected chi connectivity index (χ4v) is 2.27. The van der Waals surface area contributed by atoms with E-state index in [0.717, 1.165) is 12.3 Å². The minimum absolute atomic E-state index is 0.446. The summed E-state index contributed by atoms with van der Waals surface area (Å²) < 4.78 is 11.3. The Bertz CT molecular complexity index is 303. The van der Waals surface area contributed by atoms with E-state index in [9.17, 15) is 0 Å². The molecule has 0 saturated heterocycles. The summed E-state index contributed by atoms with van der Waals surface area (Å²) in [5, 5.41) is 3.13. The summed E-state index contributed by atoms with van der Waals surface area (Å²) in [5.41, 5.74) is 1.21. The van der Waals surface area contributed by atoms with Crippen LogP contribution in [-0.4, -0.2) is 13.2 Å². The van der Waals surface area contributed by atoms with Crippen molar-refractivity contribution in [2.45, 2.75) is 51.4 Å². The van der Waals surface area contributed by atoms with Crippen LogP contribution in [0.4, 0.5) is 0 Å². The second-order valence-electron chi connectivity index (χ2n) is 4.47. The summed E-state index contributed by atoms with van der Waals surface area (Å²) in [6, 6.07) is 2.01. The lowest BCUT2D eigenvalue weighted by Gasteiger charge is -2.21. The van der Waals surface area contributed by atoms with Gasteiger partial charge in [0.25, 0.3) is 0 Å². The van der Waals surface area contributed by atoms with Crippen LogP contribution in [0.25, 0.3) is 0 Å². The first-order chi connectivity index (χ1) is 7.90. The lowest BCUT2D eigenvalue weighted by atomic mass is 9.98. The highest BCUT2D eigenvalue weighted by Gasteiger charge is 2.15. The molecule has 90 valence electrons. The van der Waals surface area contributed by atoms with Crippen molar-refractivity contribution in [3.05, 3.63) is 23.7 Å². The molecule has 0 spiro atoms. The molecular weight excluding hydrogens is 202 g/mol. The van der Waals surface area contributed by atoms with E-state index in [-0.39, 0.29) is 0 Å². The van der Waals surface area contributed by atoms with Crippen LogP contribution in [0.15, 0.2) is 16.7 Å². The fourth-order valence-electron chi connectivity index (χ4n) is 2.27. The quantitative estimate of drug-likeness (QED) is 0.833. The molecule has 1 N–H and O–H groups in total. The maximum absolute atomic E-state index is 5.89. The van der Waals surface area contributed by atoms with Gasteiger partial charge in [-0.2, -0.15) is 0 Å². The normalized spacial score (nSPS) is 17.8. The van der Waals surface area contributed by atoms with Crippen molar-refractivity contribution in [2.75, 3.05) is 7.05 Å². The van der Waals surface area contributed by atoms with Gasteiger partial charge in [-0.1, -0.05) is 19.3 Å². The molecule has 1 fully saturated rings. The van der Waals surface area contributed by atoms with Gasteiger partial charge in [0, 0.05) is 12.1 Å². The Morgan fingerprint density at radius 1 is 1.38 bits per heavy atom. The smallest absolute Gasteiger partial charge is 0.133 e. The molecule has 1 aliphatic rings. The third kappa shape index (κ3) is 3.09. The molecule has 0 aliphatic heterocycles. The Morgan fingerprint density at radius 3 is 2.94 bits per heavy atom. The standard InChI is InChI=1S/C13H21NO2/c1-14-9-11-7-8-15-13(11)10-16-12-5-3-2-4-6-12/h7-8,12,14H,2-6,9-10H2,1H3. The molecule has 3 nitrogen and oxygen atoms in total. The number of hydrogen-bond acceptors (Lipinski definition) is 3. The first-order valence-electron chi connectivity index (χ1n) is 6.21. The Labute approximate surface area is 97.2 Å². The minimum Gasteiger partial charge on any atom is -0.467 e. The van der Waals surface area contributed by atoms with Crippen molar-refractivity contribution in [1.82, 2.24) is 5.32 Å². The van der Waals surface area contributed by atoms with Crippen LogP contribution in [0, 0.1) is 0 Å². The molecule has 1 aromatic heterocycles. The summed E-state index contributed by atoms with van der Waals surface area (Å²) in [4.78, 5) is 0. The van der Waals surface area contributed by atoms with E-state index < -0.39 is 0 Å². The molecule has 1 saturated carbocycles. The predicted octanol–water partition coefficient (Wildman–Crippen LogP) is 2.85. The lowest BCUT2D eigenvalue weighted by Crippen LogP contribution is -2.16. The first-order valence-corrected chi connectivity index (χ1v) is 6.21. The molecule has 1 aliphatic carbocycles.